The molecule has 1 saturated carbocycles. The van der Waals surface area contributed by atoms with Crippen LogP contribution in [0.15, 0.2) is 45.6 Å². The van der Waals surface area contributed by atoms with Crippen molar-refractivity contribution in [3.63, 3.8) is 0 Å². The molecular weight excluding hydrogens is 474 g/mol. The summed E-state index contributed by atoms with van der Waals surface area (Å²) in [6.07, 6.45) is 5.95. The van der Waals surface area contributed by atoms with Gasteiger partial charge in [-0.3, -0.25) is 4.79 Å². The molecule has 6 heteroatoms. The molecule has 0 saturated heterocycles. The number of ether oxygens (including phenoxy) is 2. The average Bonchev–Trinajstić information content (AvgIpc) is 3.53. The second kappa shape index (κ2) is 7.95. The first kappa shape index (κ1) is 19.0. The zero-order valence-electron chi connectivity index (χ0n) is 15.2. The van der Waals surface area contributed by atoms with Crippen molar-refractivity contribution in [1.29, 1.82) is 0 Å². The van der Waals surface area contributed by atoms with E-state index >= 15 is 0 Å². The van der Waals surface area contributed by atoms with E-state index in [1.807, 2.05) is 46.9 Å². The molecule has 144 valence electrons. The quantitative estimate of drug-likeness (QED) is 0.427. The number of hydrogen-bond donors (Lipinski definition) is 0. The molecule has 0 spiro atoms. The van der Waals surface area contributed by atoms with E-state index in [-0.39, 0.29) is 10.8 Å². The summed E-state index contributed by atoms with van der Waals surface area (Å²) in [5.74, 6) is 1.90. The van der Waals surface area contributed by atoms with Crippen LogP contribution in [0.3, 0.4) is 0 Å². The Morgan fingerprint density at radius 2 is 2.07 bits per heavy atom. The van der Waals surface area contributed by atoms with E-state index < -0.39 is 5.82 Å². The molecule has 28 heavy (non-hydrogen) atoms. The molecule has 1 aliphatic carbocycles. The Balaban J connectivity index is 1.72. The zero-order valence-corrected chi connectivity index (χ0v) is 17.4. The van der Waals surface area contributed by atoms with Crippen LogP contribution in [0.2, 0.25) is 0 Å². The fraction of sp³-hybridized carbons (Fsp3) is 0.227. The van der Waals surface area contributed by atoms with Gasteiger partial charge < -0.3 is 13.9 Å². The third-order valence-corrected chi connectivity index (χ3v) is 5.65. The Kier molecular flexibility index (Phi) is 5.39. The highest BCUT2D eigenvalue weighted by molar-refractivity contribution is 14.1. The Labute approximate surface area is 175 Å². The lowest BCUT2D eigenvalue weighted by Crippen LogP contribution is -2.07. The van der Waals surface area contributed by atoms with Gasteiger partial charge in [0.25, 0.3) is 0 Å². The monoisotopic (exact) mass is 492 g/mol. The molecule has 4 rings (SSSR count). The second-order valence-corrected chi connectivity index (χ2v) is 7.79. The third-order valence-electron chi connectivity index (χ3n) is 4.63. The molecule has 1 aliphatic rings. The van der Waals surface area contributed by atoms with Crippen molar-refractivity contribution in [3.8, 4) is 11.5 Å². The minimum atomic E-state index is -0.465. The molecule has 0 aliphatic heterocycles. The van der Waals surface area contributed by atoms with Gasteiger partial charge in [0, 0.05) is 5.56 Å². The lowest BCUT2D eigenvalue weighted by Gasteiger charge is -2.13. The van der Waals surface area contributed by atoms with Crippen molar-refractivity contribution in [2.75, 3.05) is 13.7 Å². The van der Waals surface area contributed by atoms with E-state index in [4.69, 9.17) is 13.9 Å². The summed E-state index contributed by atoms with van der Waals surface area (Å²) < 4.78 is 31.1. The highest BCUT2D eigenvalue weighted by Gasteiger charge is 2.23. The molecule has 0 atom stereocenters. The number of hydrogen-bond acceptors (Lipinski definition) is 4. The molecule has 1 aromatic heterocycles. The Bertz CT molecular complexity index is 1120. The van der Waals surface area contributed by atoms with Gasteiger partial charge in [-0.25, -0.2) is 4.39 Å². The predicted octanol–water partition coefficient (Wildman–Crippen LogP) is 5.50. The smallest absolute Gasteiger partial charge is 0.206 e. The van der Waals surface area contributed by atoms with Crippen molar-refractivity contribution < 1.29 is 18.3 Å². The van der Waals surface area contributed by atoms with Crippen molar-refractivity contribution in [1.82, 2.24) is 0 Å². The standard InChI is InChI=1S/C22H18FIO4/c1-26-19-4-2-3-14(22(19)27-12-13-5-6-13)7-9-18-20(24)21(25)16-11-15(23)8-10-17(16)28-18/h2-4,7-11,13H,5-6,12H2,1H3. The lowest BCUT2D eigenvalue weighted by atomic mass is 10.1. The number of methoxy groups -OCH3 is 1. The van der Waals surface area contributed by atoms with Crippen LogP contribution in [0.4, 0.5) is 4.39 Å². The highest BCUT2D eigenvalue weighted by Crippen LogP contribution is 2.36. The molecular formula is C22H18FIO4. The minimum absolute atomic E-state index is 0.233. The van der Waals surface area contributed by atoms with Gasteiger partial charge in [-0.2, -0.15) is 0 Å². The fourth-order valence-corrected chi connectivity index (χ4v) is 3.48. The van der Waals surface area contributed by atoms with Gasteiger partial charge >= 0.3 is 0 Å². The van der Waals surface area contributed by atoms with Crippen molar-refractivity contribution in [3.05, 3.63) is 67.3 Å². The van der Waals surface area contributed by atoms with E-state index in [0.29, 0.717) is 38.9 Å². The maximum atomic E-state index is 13.4. The van der Waals surface area contributed by atoms with Gasteiger partial charge in [0.2, 0.25) is 5.43 Å². The Hall–Kier alpha value is -2.35. The number of halogens is 2. The molecule has 1 heterocycles. The summed E-state index contributed by atoms with van der Waals surface area (Å²) in [5.41, 5.74) is 0.928. The van der Waals surface area contributed by atoms with Crippen molar-refractivity contribution in [2.24, 2.45) is 5.92 Å². The summed E-state index contributed by atoms with van der Waals surface area (Å²) in [7, 11) is 1.61. The number of fused-ring (bicyclic) bond motifs is 1. The van der Waals surface area contributed by atoms with Gasteiger partial charge in [0.1, 0.15) is 20.7 Å². The van der Waals surface area contributed by atoms with Crippen LogP contribution >= 0.6 is 22.6 Å². The van der Waals surface area contributed by atoms with Gasteiger partial charge in [-0.1, -0.05) is 12.1 Å². The summed E-state index contributed by atoms with van der Waals surface area (Å²) >= 11 is 1.93. The normalized spacial score (nSPS) is 14.0. The highest BCUT2D eigenvalue weighted by atomic mass is 127. The SMILES string of the molecule is COc1cccc(C=Cc2oc3ccc(F)cc3c(=O)c2I)c1OCC1CC1. The van der Waals surface area contributed by atoms with E-state index in [9.17, 15) is 9.18 Å². The minimum Gasteiger partial charge on any atom is -0.493 e. The number of benzene rings is 2. The molecule has 0 unspecified atom stereocenters. The number of para-hydroxylation sites is 1. The van der Waals surface area contributed by atoms with Crippen LogP contribution in [0.1, 0.15) is 24.2 Å². The van der Waals surface area contributed by atoms with Gasteiger partial charge in [0.05, 0.1) is 19.1 Å². The molecule has 0 radical (unpaired) electrons. The first-order chi connectivity index (χ1) is 13.6. The van der Waals surface area contributed by atoms with Gasteiger partial charge in [0.15, 0.2) is 11.5 Å². The van der Waals surface area contributed by atoms with Crippen LogP contribution in [0, 0.1) is 15.3 Å². The maximum Gasteiger partial charge on any atom is 0.206 e. The molecule has 0 bridgehead atoms. The molecule has 0 N–H and O–H groups in total. The molecule has 1 fully saturated rings. The van der Waals surface area contributed by atoms with Crippen molar-refractivity contribution in [2.45, 2.75) is 12.8 Å². The topological polar surface area (TPSA) is 48.7 Å². The first-order valence-corrected chi connectivity index (χ1v) is 10.0. The van der Waals surface area contributed by atoms with E-state index in [1.54, 1.807) is 13.2 Å². The average molecular weight is 492 g/mol. The fourth-order valence-electron chi connectivity index (χ4n) is 2.90. The Morgan fingerprint density at radius 1 is 1.25 bits per heavy atom. The maximum absolute atomic E-state index is 13.4. The number of rotatable bonds is 6. The van der Waals surface area contributed by atoms with E-state index in [2.05, 4.69) is 0 Å². The largest absolute Gasteiger partial charge is 0.493 e. The van der Waals surface area contributed by atoms with E-state index in [1.165, 1.54) is 31.0 Å². The van der Waals surface area contributed by atoms with Crippen LogP contribution in [0.5, 0.6) is 11.5 Å². The summed E-state index contributed by atoms with van der Waals surface area (Å²) in [6, 6.07) is 9.60. The van der Waals surface area contributed by atoms with Crippen LogP contribution < -0.4 is 14.9 Å². The Morgan fingerprint density at radius 3 is 2.82 bits per heavy atom. The van der Waals surface area contributed by atoms with Crippen LogP contribution in [-0.2, 0) is 0 Å². The summed E-state index contributed by atoms with van der Waals surface area (Å²) in [5, 5.41) is 0.233. The molecule has 4 nitrogen and oxygen atoms in total. The lowest BCUT2D eigenvalue weighted by molar-refractivity contribution is 0.280. The summed E-state index contributed by atoms with van der Waals surface area (Å²) in [4.78, 5) is 12.6. The van der Waals surface area contributed by atoms with Gasteiger partial charge in [-0.05, 0) is 77.8 Å². The second-order valence-electron chi connectivity index (χ2n) is 6.72. The first-order valence-electron chi connectivity index (χ1n) is 8.96. The van der Waals surface area contributed by atoms with Gasteiger partial charge in [-0.15, -0.1) is 0 Å². The summed E-state index contributed by atoms with van der Waals surface area (Å²) in [6.45, 7) is 0.662. The third kappa shape index (κ3) is 3.92. The molecule has 3 aromatic rings. The molecule has 0 amide bonds. The zero-order chi connectivity index (χ0) is 19.7. The van der Waals surface area contributed by atoms with Crippen LogP contribution in [-0.4, -0.2) is 13.7 Å². The predicted molar refractivity (Wildman–Crippen MR) is 115 cm³/mol. The van der Waals surface area contributed by atoms with Crippen LogP contribution in [0.25, 0.3) is 23.1 Å². The van der Waals surface area contributed by atoms with Crippen molar-refractivity contribution >= 4 is 45.7 Å². The van der Waals surface area contributed by atoms with E-state index in [0.717, 1.165) is 5.56 Å². The molecule has 2 aromatic carbocycles.